The molecule has 1 amide bonds. The van der Waals surface area contributed by atoms with Crippen molar-refractivity contribution in [1.29, 1.82) is 0 Å². The van der Waals surface area contributed by atoms with Gasteiger partial charge in [0.15, 0.2) is 0 Å². The zero-order valence-corrected chi connectivity index (χ0v) is 14.2. The number of hydrogen-bond donors (Lipinski definition) is 2. The fourth-order valence-electron chi connectivity index (χ4n) is 2.00. The summed E-state index contributed by atoms with van der Waals surface area (Å²) in [5.41, 5.74) is 1.62. The van der Waals surface area contributed by atoms with Crippen LogP contribution in [0.2, 0.25) is 5.02 Å². The molecule has 6 nitrogen and oxygen atoms in total. The van der Waals surface area contributed by atoms with E-state index in [1.807, 2.05) is 6.92 Å². The lowest BCUT2D eigenvalue weighted by Crippen LogP contribution is -2.11. The van der Waals surface area contributed by atoms with Crippen molar-refractivity contribution in [2.45, 2.75) is 19.8 Å². The molecular formula is C17H18ClN3O3. The first-order valence-electron chi connectivity index (χ1n) is 7.44. The molecule has 0 aliphatic carbocycles. The number of benzene rings is 1. The molecule has 7 heteroatoms. The summed E-state index contributed by atoms with van der Waals surface area (Å²) >= 11 is 6.14. The van der Waals surface area contributed by atoms with E-state index in [0.717, 1.165) is 6.42 Å². The number of amides is 1. The maximum absolute atomic E-state index is 11.6. The van der Waals surface area contributed by atoms with E-state index in [1.165, 1.54) is 7.11 Å². The second kappa shape index (κ2) is 8.31. The first-order valence-corrected chi connectivity index (χ1v) is 7.82. The summed E-state index contributed by atoms with van der Waals surface area (Å²) in [5, 5.41) is 6.26. The quantitative estimate of drug-likeness (QED) is 0.772. The van der Waals surface area contributed by atoms with Gasteiger partial charge in [-0.05, 0) is 36.8 Å². The number of hydrogen-bond acceptors (Lipinski definition) is 5. The van der Waals surface area contributed by atoms with Crippen LogP contribution in [0.4, 0.5) is 17.2 Å². The predicted octanol–water partition coefficient (Wildman–Crippen LogP) is 4.00. The molecule has 1 aromatic heterocycles. The van der Waals surface area contributed by atoms with Crippen LogP contribution in [0.15, 0.2) is 36.5 Å². The van der Waals surface area contributed by atoms with Gasteiger partial charge >= 0.3 is 5.97 Å². The minimum absolute atomic E-state index is 0.0699. The Hall–Kier alpha value is -2.60. The number of carbonyl (C=O) groups is 2. The number of esters is 1. The first kappa shape index (κ1) is 17.7. The van der Waals surface area contributed by atoms with Crippen molar-refractivity contribution in [2.24, 2.45) is 0 Å². The Balaban J connectivity index is 2.11. The first-order chi connectivity index (χ1) is 11.5. The second-order valence-corrected chi connectivity index (χ2v) is 5.45. The third-order valence-electron chi connectivity index (χ3n) is 3.17. The van der Waals surface area contributed by atoms with E-state index < -0.39 is 5.97 Å². The highest BCUT2D eigenvalue weighted by Crippen LogP contribution is 2.27. The Kier molecular flexibility index (Phi) is 6.14. The van der Waals surface area contributed by atoms with Gasteiger partial charge in [0.25, 0.3) is 0 Å². The van der Waals surface area contributed by atoms with Gasteiger partial charge in [-0.3, -0.25) is 4.79 Å². The van der Waals surface area contributed by atoms with Gasteiger partial charge in [0.05, 0.1) is 35.3 Å². The van der Waals surface area contributed by atoms with Gasteiger partial charge in [-0.15, -0.1) is 0 Å². The van der Waals surface area contributed by atoms with E-state index in [1.54, 1.807) is 36.5 Å². The fraction of sp³-hybridized carbons (Fsp3) is 0.235. The van der Waals surface area contributed by atoms with Crippen LogP contribution in [0.25, 0.3) is 0 Å². The highest BCUT2D eigenvalue weighted by molar-refractivity contribution is 6.33. The molecule has 0 saturated heterocycles. The number of methoxy groups -OCH3 is 1. The largest absolute Gasteiger partial charge is 0.465 e. The summed E-state index contributed by atoms with van der Waals surface area (Å²) in [4.78, 5) is 27.3. The van der Waals surface area contributed by atoms with E-state index in [0.29, 0.717) is 34.2 Å². The van der Waals surface area contributed by atoms with E-state index in [9.17, 15) is 9.59 Å². The molecule has 0 spiro atoms. The van der Waals surface area contributed by atoms with Gasteiger partial charge in [-0.2, -0.15) is 0 Å². The molecule has 1 aromatic carbocycles. The molecule has 2 rings (SSSR count). The minimum Gasteiger partial charge on any atom is -0.465 e. The SMILES string of the molecule is CCCC(=O)Nc1ccc(Nc2cc(C(=O)OC)ccc2Cl)cn1. The average Bonchev–Trinajstić information content (AvgIpc) is 2.58. The molecule has 24 heavy (non-hydrogen) atoms. The number of halogens is 1. The normalized spacial score (nSPS) is 10.1. The van der Waals surface area contributed by atoms with Crippen molar-refractivity contribution in [3.8, 4) is 0 Å². The van der Waals surface area contributed by atoms with Crippen molar-refractivity contribution in [3.05, 3.63) is 47.1 Å². The standard InChI is InChI=1S/C17H18ClN3O3/c1-3-4-16(22)21-15-8-6-12(10-19-15)20-14-9-11(17(23)24-2)5-7-13(14)18/h5-10,20H,3-4H2,1-2H3,(H,19,21,22). The summed E-state index contributed by atoms with van der Waals surface area (Å²) in [7, 11) is 1.32. The topological polar surface area (TPSA) is 80.3 Å². The number of carbonyl (C=O) groups excluding carboxylic acids is 2. The zero-order valence-electron chi connectivity index (χ0n) is 13.4. The molecule has 1 heterocycles. The van der Waals surface area contributed by atoms with Gasteiger partial charge in [0.2, 0.25) is 5.91 Å². The predicted molar refractivity (Wildman–Crippen MR) is 93.8 cm³/mol. The van der Waals surface area contributed by atoms with E-state index in [4.69, 9.17) is 16.3 Å². The molecule has 0 bridgehead atoms. The molecule has 2 N–H and O–H groups in total. The van der Waals surface area contributed by atoms with Crippen LogP contribution in [0.5, 0.6) is 0 Å². The maximum atomic E-state index is 11.6. The number of anilines is 3. The van der Waals surface area contributed by atoms with Gasteiger partial charge < -0.3 is 15.4 Å². The maximum Gasteiger partial charge on any atom is 0.337 e. The molecule has 126 valence electrons. The Labute approximate surface area is 145 Å². The highest BCUT2D eigenvalue weighted by Gasteiger charge is 2.09. The van der Waals surface area contributed by atoms with Crippen molar-refractivity contribution < 1.29 is 14.3 Å². The van der Waals surface area contributed by atoms with E-state index in [-0.39, 0.29) is 5.91 Å². The zero-order chi connectivity index (χ0) is 17.5. The van der Waals surface area contributed by atoms with Crippen LogP contribution < -0.4 is 10.6 Å². The molecule has 0 aliphatic heterocycles. The van der Waals surface area contributed by atoms with Crippen LogP contribution in [-0.2, 0) is 9.53 Å². The summed E-state index contributed by atoms with van der Waals surface area (Å²) in [5.74, 6) is -0.0326. The van der Waals surface area contributed by atoms with Crippen molar-refractivity contribution in [1.82, 2.24) is 4.98 Å². The average molecular weight is 348 g/mol. The molecule has 0 atom stereocenters. The van der Waals surface area contributed by atoms with E-state index >= 15 is 0 Å². The van der Waals surface area contributed by atoms with E-state index in [2.05, 4.69) is 15.6 Å². The number of ether oxygens (including phenoxy) is 1. The molecule has 0 unspecified atom stereocenters. The van der Waals surface area contributed by atoms with Crippen LogP contribution >= 0.6 is 11.6 Å². The van der Waals surface area contributed by atoms with Crippen molar-refractivity contribution >= 4 is 40.7 Å². The van der Waals surface area contributed by atoms with Gasteiger partial charge in [-0.25, -0.2) is 9.78 Å². The Morgan fingerprint density at radius 3 is 2.67 bits per heavy atom. The lowest BCUT2D eigenvalue weighted by atomic mass is 10.2. The van der Waals surface area contributed by atoms with Gasteiger partial charge in [-0.1, -0.05) is 18.5 Å². The molecule has 0 radical (unpaired) electrons. The number of nitrogens with one attached hydrogen (secondary N) is 2. The monoisotopic (exact) mass is 347 g/mol. The van der Waals surface area contributed by atoms with Gasteiger partial charge in [0.1, 0.15) is 5.82 Å². The second-order valence-electron chi connectivity index (χ2n) is 5.04. The Morgan fingerprint density at radius 2 is 2.04 bits per heavy atom. The minimum atomic E-state index is -0.443. The molecular weight excluding hydrogens is 330 g/mol. The number of aromatic nitrogens is 1. The number of rotatable bonds is 6. The summed E-state index contributed by atoms with van der Waals surface area (Å²) in [6.07, 6.45) is 2.81. The third-order valence-corrected chi connectivity index (χ3v) is 3.50. The van der Waals surface area contributed by atoms with Crippen molar-refractivity contribution in [3.63, 3.8) is 0 Å². The fourth-order valence-corrected chi connectivity index (χ4v) is 2.16. The van der Waals surface area contributed by atoms with Crippen LogP contribution in [-0.4, -0.2) is 24.0 Å². The number of nitrogens with zero attached hydrogens (tertiary/aromatic N) is 1. The Bertz CT molecular complexity index is 732. The number of pyridine rings is 1. The lowest BCUT2D eigenvalue weighted by molar-refractivity contribution is -0.116. The third kappa shape index (κ3) is 4.70. The van der Waals surface area contributed by atoms with Crippen LogP contribution in [0.3, 0.4) is 0 Å². The molecule has 0 aliphatic rings. The summed E-state index contributed by atoms with van der Waals surface area (Å²) in [6.45, 7) is 1.94. The summed E-state index contributed by atoms with van der Waals surface area (Å²) < 4.78 is 4.69. The highest BCUT2D eigenvalue weighted by atomic mass is 35.5. The van der Waals surface area contributed by atoms with Crippen LogP contribution in [0, 0.1) is 0 Å². The van der Waals surface area contributed by atoms with Crippen molar-refractivity contribution in [2.75, 3.05) is 17.7 Å². The Morgan fingerprint density at radius 1 is 1.25 bits per heavy atom. The smallest absolute Gasteiger partial charge is 0.337 e. The lowest BCUT2D eigenvalue weighted by Gasteiger charge is -2.10. The molecule has 0 saturated carbocycles. The van der Waals surface area contributed by atoms with Crippen LogP contribution in [0.1, 0.15) is 30.1 Å². The molecule has 2 aromatic rings. The molecule has 0 fully saturated rings. The van der Waals surface area contributed by atoms with Gasteiger partial charge in [0, 0.05) is 6.42 Å². The summed E-state index contributed by atoms with van der Waals surface area (Å²) in [6, 6.07) is 8.25.